The lowest BCUT2D eigenvalue weighted by Gasteiger charge is -2.50. The monoisotopic (exact) mass is 355 g/mol. The van der Waals surface area contributed by atoms with Gasteiger partial charge in [0.1, 0.15) is 0 Å². The molecule has 5 nitrogen and oxygen atoms in total. The molecule has 1 spiro atoms. The van der Waals surface area contributed by atoms with Gasteiger partial charge in [-0.05, 0) is 38.1 Å². The lowest BCUT2D eigenvalue weighted by molar-refractivity contribution is -0.138. The number of carbonyl (C=O) groups is 2. The van der Waals surface area contributed by atoms with E-state index < -0.39 is 0 Å². The fourth-order valence-corrected chi connectivity index (χ4v) is 4.81. The molecule has 1 unspecified atom stereocenters. The van der Waals surface area contributed by atoms with E-state index in [9.17, 15) is 9.59 Å². The number of hydrogen-bond acceptors (Lipinski definition) is 3. The number of amides is 2. The predicted octanol–water partition coefficient (Wildman–Crippen LogP) is 1.86. The van der Waals surface area contributed by atoms with Crippen LogP contribution in [0, 0.1) is 5.92 Å². The maximum absolute atomic E-state index is 13.2. The third-order valence-corrected chi connectivity index (χ3v) is 6.45. The van der Waals surface area contributed by atoms with Gasteiger partial charge in [-0.25, -0.2) is 0 Å². The molecule has 0 N–H and O–H groups in total. The third kappa shape index (κ3) is 3.02. The van der Waals surface area contributed by atoms with Gasteiger partial charge in [0.2, 0.25) is 11.8 Å². The van der Waals surface area contributed by atoms with Crippen LogP contribution in [0.25, 0.3) is 0 Å². The van der Waals surface area contributed by atoms with Crippen LogP contribution in [0.15, 0.2) is 24.3 Å². The number of benzene rings is 1. The maximum Gasteiger partial charge on any atom is 0.228 e. The first-order chi connectivity index (χ1) is 12.5. The number of likely N-dealkylation sites (tertiary alicyclic amines) is 1. The van der Waals surface area contributed by atoms with Crippen molar-refractivity contribution in [2.45, 2.75) is 37.6 Å². The van der Waals surface area contributed by atoms with E-state index in [1.807, 2.05) is 23.9 Å². The largest absolute Gasteiger partial charge is 0.341 e. The normalized spacial score (nSPS) is 24.1. The molecular weight excluding hydrogens is 326 g/mol. The van der Waals surface area contributed by atoms with Gasteiger partial charge < -0.3 is 14.7 Å². The molecule has 0 radical (unpaired) electrons. The Balaban J connectivity index is 1.47. The Labute approximate surface area is 155 Å². The number of carbonyl (C=O) groups excluding carboxylic acids is 2. The van der Waals surface area contributed by atoms with Crippen LogP contribution in [-0.4, -0.2) is 66.8 Å². The predicted molar refractivity (Wildman–Crippen MR) is 101 cm³/mol. The molecule has 2 aliphatic heterocycles. The highest BCUT2D eigenvalue weighted by Crippen LogP contribution is 2.48. The van der Waals surface area contributed by atoms with Crippen molar-refractivity contribution in [1.29, 1.82) is 0 Å². The fourth-order valence-electron chi connectivity index (χ4n) is 4.81. The van der Waals surface area contributed by atoms with E-state index in [0.29, 0.717) is 26.1 Å². The van der Waals surface area contributed by atoms with E-state index in [1.165, 1.54) is 30.4 Å². The van der Waals surface area contributed by atoms with E-state index in [-0.39, 0.29) is 23.1 Å². The van der Waals surface area contributed by atoms with Gasteiger partial charge in [-0.3, -0.25) is 9.59 Å². The molecular formula is C21H29N3O2. The van der Waals surface area contributed by atoms with Crippen LogP contribution in [0.4, 0.5) is 0 Å². The molecule has 2 amide bonds. The summed E-state index contributed by atoms with van der Waals surface area (Å²) in [6.07, 6.45) is 3.96. The molecule has 4 rings (SSSR count). The second-order valence-corrected chi connectivity index (χ2v) is 8.53. The number of rotatable bonds is 4. The van der Waals surface area contributed by atoms with Crippen molar-refractivity contribution in [2.24, 2.45) is 5.92 Å². The second-order valence-electron chi connectivity index (χ2n) is 8.53. The molecule has 2 fully saturated rings. The Morgan fingerprint density at radius 2 is 2.04 bits per heavy atom. The minimum Gasteiger partial charge on any atom is -0.341 e. The lowest BCUT2D eigenvalue weighted by Crippen LogP contribution is -2.52. The molecule has 1 atom stereocenters. The molecule has 1 saturated heterocycles. The minimum absolute atomic E-state index is 0.126. The minimum atomic E-state index is -0.174. The van der Waals surface area contributed by atoms with Crippen molar-refractivity contribution in [2.75, 3.05) is 40.3 Å². The van der Waals surface area contributed by atoms with Crippen LogP contribution in [0.1, 0.15) is 36.8 Å². The van der Waals surface area contributed by atoms with E-state index in [1.54, 1.807) is 0 Å². The lowest BCUT2D eigenvalue weighted by atomic mass is 9.61. The topological polar surface area (TPSA) is 43.9 Å². The van der Waals surface area contributed by atoms with E-state index >= 15 is 0 Å². The summed E-state index contributed by atoms with van der Waals surface area (Å²) in [5, 5.41) is 0. The molecule has 2 heterocycles. The Kier molecular flexibility index (Phi) is 4.51. The van der Waals surface area contributed by atoms with Crippen LogP contribution < -0.4 is 0 Å². The van der Waals surface area contributed by atoms with Gasteiger partial charge in [0.05, 0.1) is 5.92 Å². The standard InChI is InChI=1S/C21H29N3O2/c1-22(2)10-11-23-14-17(12-19(23)25)20(26)24-13-16-6-3-4-7-18(16)21(15-24)8-5-9-21/h3-4,6-7,17H,5,8-15H2,1-2H3. The molecule has 1 aromatic rings. The highest BCUT2D eigenvalue weighted by molar-refractivity contribution is 5.89. The van der Waals surface area contributed by atoms with Crippen molar-refractivity contribution in [3.63, 3.8) is 0 Å². The quantitative estimate of drug-likeness (QED) is 0.828. The Hall–Kier alpha value is -1.88. The molecule has 1 saturated carbocycles. The smallest absolute Gasteiger partial charge is 0.228 e. The average molecular weight is 355 g/mol. The van der Waals surface area contributed by atoms with Crippen LogP contribution in [-0.2, 0) is 21.5 Å². The summed E-state index contributed by atoms with van der Waals surface area (Å²) in [6.45, 7) is 3.65. The van der Waals surface area contributed by atoms with Gasteiger partial charge in [0, 0.05) is 44.6 Å². The highest BCUT2D eigenvalue weighted by atomic mass is 16.2. The maximum atomic E-state index is 13.2. The zero-order chi connectivity index (χ0) is 18.3. The summed E-state index contributed by atoms with van der Waals surface area (Å²) in [6, 6.07) is 8.60. The molecule has 0 bridgehead atoms. The molecule has 5 heteroatoms. The zero-order valence-corrected chi connectivity index (χ0v) is 15.9. The number of nitrogens with zero attached hydrogens (tertiary/aromatic N) is 3. The summed E-state index contributed by atoms with van der Waals surface area (Å²) in [5.74, 6) is 0.125. The van der Waals surface area contributed by atoms with Crippen molar-refractivity contribution in [1.82, 2.24) is 14.7 Å². The summed E-state index contributed by atoms with van der Waals surface area (Å²) in [7, 11) is 4.01. The van der Waals surface area contributed by atoms with Crippen LogP contribution in [0.3, 0.4) is 0 Å². The van der Waals surface area contributed by atoms with Gasteiger partial charge in [-0.1, -0.05) is 30.7 Å². The van der Waals surface area contributed by atoms with E-state index in [2.05, 4.69) is 29.2 Å². The highest BCUT2D eigenvalue weighted by Gasteiger charge is 2.46. The molecule has 0 aromatic heterocycles. The van der Waals surface area contributed by atoms with Crippen molar-refractivity contribution in [3.8, 4) is 0 Å². The first kappa shape index (κ1) is 17.5. The van der Waals surface area contributed by atoms with Crippen molar-refractivity contribution in [3.05, 3.63) is 35.4 Å². The molecule has 1 aliphatic carbocycles. The molecule has 3 aliphatic rings. The first-order valence-electron chi connectivity index (χ1n) is 9.78. The van der Waals surface area contributed by atoms with Gasteiger partial charge in [0.25, 0.3) is 0 Å². The Morgan fingerprint density at radius 1 is 1.27 bits per heavy atom. The van der Waals surface area contributed by atoms with Crippen molar-refractivity contribution < 1.29 is 9.59 Å². The third-order valence-electron chi connectivity index (χ3n) is 6.45. The van der Waals surface area contributed by atoms with Gasteiger partial charge in [-0.15, -0.1) is 0 Å². The van der Waals surface area contributed by atoms with E-state index in [4.69, 9.17) is 0 Å². The Bertz CT molecular complexity index is 711. The molecule has 26 heavy (non-hydrogen) atoms. The van der Waals surface area contributed by atoms with Crippen LogP contribution in [0.5, 0.6) is 0 Å². The van der Waals surface area contributed by atoms with E-state index in [0.717, 1.165) is 13.1 Å². The summed E-state index contributed by atoms with van der Waals surface area (Å²) in [5.41, 5.74) is 2.91. The van der Waals surface area contributed by atoms with Crippen LogP contribution >= 0.6 is 0 Å². The number of fused-ring (bicyclic) bond motifs is 2. The van der Waals surface area contributed by atoms with Crippen molar-refractivity contribution >= 4 is 11.8 Å². The zero-order valence-electron chi connectivity index (χ0n) is 15.9. The van der Waals surface area contributed by atoms with Gasteiger partial charge in [-0.2, -0.15) is 0 Å². The van der Waals surface area contributed by atoms with Gasteiger partial charge >= 0.3 is 0 Å². The number of likely N-dealkylation sites (N-methyl/N-ethyl adjacent to an activating group) is 1. The molecule has 1 aromatic carbocycles. The Morgan fingerprint density at radius 3 is 2.73 bits per heavy atom. The van der Waals surface area contributed by atoms with Gasteiger partial charge in [0.15, 0.2) is 0 Å². The van der Waals surface area contributed by atoms with Crippen LogP contribution in [0.2, 0.25) is 0 Å². The average Bonchev–Trinajstić information content (AvgIpc) is 2.97. The summed E-state index contributed by atoms with van der Waals surface area (Å²) >= 11 is 0. The molecule has 140 valence electrons. The second kappa shape index (κ2) is 6.69. The number of hydrogen-bond donors (Lipinski definition) is 0. The summed E-state index contributed by atoms with van der Waals surface area (Å²) in [4.78, 5) is 31.5. The first-order valence-corrected chi connectivity index (χ1v) is 9.78. The SMILES string of the molecule is CN(C)CCN1CC(C(=O)N2Cc3ccccc3C3(CCC3)C2)CC1=O. The fraction of sp³-hybridized carbons (Fsp3) is 0.619. The summed E-state index contributed by atoms with van der Waals surface area (Å²) < 4.78 is 0.